The molecule has 2 aliphatic heterocycles. The fourth-order valence-electron chi connectivity index (χ4n) is 3.90. The van der Waals surface area contributed by atoms with Gasteiger partial charge in [-0.3, -0.25) is 14.8 Å². The van der Waals surface area contributed by atoms with E-state index in [1.807, 2.05) is 0 Å². The van der Waals surface area contributed by atoms with Gasteiger partial charge in [-0.15, -0.1) is 0 Å². The molecule has 2 heterocycles. The molecule has 0 radical (unpaired) electrons. The second-order valence-electron chi connectivity index (χ2n) is 7.25. The van der Waals surface area contributed by atoms with Crippen LogP contribution >= 0.6 is 0 Å². The normalized spacial score (nSPS) is 21.9. The Kier molecular flexibility index (Phi) is 10.3. The molecule has 1 atom stereocenters. The van der Waals surface area contributed by atoms with Gasteiger partial charge in [-0.1, -0.05) is 26.7 Å². The summed E-state index contributed by atoms with van der Waals surface area (Å²) in [6.07, 6.45) is 3.44. The topological polar surface area (TPSA) is 75.3 Å². The minimum absolute atomic E-state index is 0.461. The first-order valence-corrected chi connectivity index (χ1v) is 10.4. The summed E-state index contributed by atoms with van der Waals surface area (Å²) in [6, 6.07) is 0.461. The molecule has 0 amide bonds. The van der Waals surface area contributed by atoms with Gasteiger partial charge in [0, 0.05) is 38.8 Å². The van der Waals surface area contributed by atoms with Crippen LogP contribution in [0.25, 0.3) is 0 Å². The molecular formula is C19H39N5O2. The molecule has 2 fully saturated rings. The summed E-state index contributed by atoms with van der Waals surface area (Å²) in [4.78, 5) is 9.65. The number of guanidine groups is 1. The number of ether oxygens (including phenoxy) is 2. The molecule has 0 aromatic heterocycles. The van der Waals surface area contributed by atoms with Crippen LogP contribution in [-0.4, -0.2) is 94.0 Å². The first-order chi connectivity index (χ1) is 12.7. The largest absolute Gasteiger partial charge is 0.379 e. The van der Waals surface area contributed by atoms with Gasteiger partial charge >= 0.3 is 0 Å². The Morgan fingerprint density at radius 3 is 2.27 bits per heavy atom. The maximum atomic E-state index is 6.12. The predicted octanol–water partition coefficient (Wildman–Crippen LogP) is 0.750. The van der Waals surface area contributed by atoms with Crippen LogP contribution in [0.3, 0.4) is 0 Å². The fraction of sp³-hybridized carbons (Fsp3) is 0.947. The van der Waals surface area contributed by atoms with Crippen molar-refractivity contribution in [1.29, 1.82) is 0 Å². The number of hydrogen-bond donors (Lipinski definition) is 2. The SMILES string of the molecule is CCC(CC)C(CN=C(N)NCCCN1CCOCC1)N1CCOCC1. The van der Waals surface area contributed by atoms with E-state index in [4.69, 9.17) is 15.2 Å². The zero-order valence-electron chi connectivity index (χ0n) is 16.8. The van der Waals surface area contributed by atoms with Crippen LogP contribution in [0.4, 0.5) is 0 Å². The van der Waals surface area contributed by atoms with Crippen molar-refractivity contribution in [2.24, 2.45) is 16.6 Å². The van der Waals surface area contributed by atoms with Crippen molar-refractivity contribution in [3.05, 3.63) is 0 Å². The highest BCUT2D eigenvalue weighted by Gasteiger charge is 2.26. The van der Waals surface area contributed by atoms with E-state index in [-0.39, 0.29) is 0 Å². The molecule has 0 aliphatic carbocycles. The number of nitrogens with two attached hydrogens (primary N) is 1. The van der Waals surface area contributed by atoms with Crippen LogP contribution < -0.4 is 11.1 Å². The van der Waals surface area contributed by atoms with E-state index in [0.717, 1.165) is 78.7 Å². The highest BCUT2D eigenvalue weighted by molar-refractivity contribution is 5.77. The first kappa shape index (κ1) is 21.4. The maximum Gasteiger partial charge on any atom is 0.188 e. The lowest BCUT2D eigenvalue weighted by Gasteiger charge is -2.38. The summed E-state index contributed by atoms with van der Waals surface area (Å²) < 4.78 is 10.9. The molecule has 152 valence electrons. The van der Waals surface area contributed by atoms with Crippen LogP contribution in [0.5, 0.6) is 0 Å². The molecule has 0 aromatic carbocycles. The third kappa shape index (κ3) is 7.39. The molecule has 2 aliphatic rings. The summed E-state index contributed by atoms with van der Waals surface area (Å²) in [5, 5.41) is 3.28. The Morgan fingerprint density at radius 1 is 1.04 bits per heavy atom. The van der Waals surface area contributed by atoms with Gasteiger partial charge in [0.15, 0.2) is 5.96 Å². The monoisotopic (exact) mass is 369 g/mol. The Bertz CT molecular complexity index is 391. The Balaban J connectivity index is 1.73. The molecular weight excluding hydrogens is 330 g/mol. The van der Waals surface area contributed by atoms with Gasteiger partial charge in [-0.25, -0.2) is 0 Å². The number of nitrogens with one attached hydrogen (secondary N) is 1. The van der Waals surface area contributed by atoms with Gasteiger partial charge < -0.3 is 20.5 Å². The summed E-state index contributed by atoms with van der Waals surface area (Å²) in [5.74, 6) is 1.24. The molecule has 0 spiro atoms. The van der Waals surface area contributed by atoms with E-state index in [1.54, 1.807) is 0 Å². The molecule has 0 saturated carbocycles. The quantitative estimate of drug-likeness (QED) is 0.336. The minimum Gasteiger partial charge on any atom is -0.379 e. The van der Waals surface area contributed by atoms with E-state index < -0.39 is 0 Å². The number of nitrogens with zero attached hydrogens (tertiary/aromatic N) is 3. The van der Waals surface area contributed by atoms with Gasteiger partial charge in [-0.05, 0) is 18.9 Å². The Labute approximate surface area is 159 Å². The Hall–Kier alpha value is -0.890. The molecule has 0 bridgehead atoms. The van der Waals surface area contributed by atoms with E-state index in [1.165, 1.54) is 12.8 Å². The third-order valence-corrected chi connectivity index (χ3v) is 5.62. The van der Waals surface area contributed by atoms with E-state index in [2.05, 4.69) is 34.0 Å². The lowest BCUT2D eigenvalue weighted by atomic mass is 9.92. The summed E-state index contributed by atoms with van der Waals surface area (Å²) in [5.41, 5.74) is 6.12. The van der Waals surface area contributed by atoms with Gasteiger partial charge in [0.05, 0.1) is 33.0 Å². The summed E-state index contributed by atoms with van der Waals surface area (Å²) >= 11 is 0. The van der Waals surface area contributed by atoms with Crippen LogP contribution in [0.15, 0.2) is 4.99 Å². The standard InChI is InChI=1S/C19H39N5O2/c1-3-17(4-2)18(24-10-14-26-15-11-24)16-22-19(20)21-6-5-7-23-8-12-25-13-9-23/h17-18H,3-16H2,1-2H3,(H3,20,21,22). The van der Waals surface area contributed by atoms with Crippen LogP contribution in [0, 0.1) is 5.92 Å². The minimum atomic E-state index is 0.461. The lowest BCUT2D eigenvalue weighted by molar-refractivity contribution is 0.00396. The van der Waals surface area contributed by atoms with Gasteiger partial charge in [0.25, 0.3) is 0 Å². The molecule has 7 nitrogen and oxygen atoms in total. The Morgan fingerprint density at radius 2 is 1.65 bits per heavy atom. The summed E-state index contributed by atoms with van der Waals surface area (Å²) in [7, 11) is 0. The maximum absolute atomic E-state index is 6.12. The number of aliphatic imine (C=N–C) groups is 1. The highest BCUT2D eigenvalue weighted by atomic mass is 16.5. The first-order valence-electron chi connectivity index (χ1n) is 10.4. The van der Waals surface area contributed by atoms with Gasteiger partial charge in [0.1, 0.15) is 0 Å². The molecule has 0 aromatic rings. The second kappa shape index (κ2) is 12.5. The van der Waals surface area contributed by atoms with Crippen molar-refractivity contribution in [1.82, 2.24) is 15.1 Å². The van der Waals surface area contributed by atoms with Crippen LogP contribution in [0.2, 0.25) is 0 Å². The average Bonchev–Trinajstić information content (AvgIpc) is 2.70. The molecule has 2 saturated heterocycles. The van der Waals surface area contributed by atoms with Crippen molar-refractivity contribution in [2.75, 3.05) is 72.2 Å². The van der Waals surface area contributed by atoms with Crippen molar-refractivity contribution in [2.45, 2.75) is 39.2 Å². The van der Waals surface area contributed by atoms with E-state index in [0.29, 0.717) is 17.9 Å². The van der Waals surface area contributed by atoms with E-state index >= 15 is 0 Å². The van der Waals surface area contributed by atoms with Gasteiger partial charge in [-0.2, -0.15) is 0 Å². The smallest absolute Gasteiger partial charge is 0.188 e. The molecule has 3 N–H and O–H groups in total. The molecule has 7 heteroatoms. The van der Waals surface area contributed by atoms with Crippen LogP contribution in [0.1, 0.15) is 33.1 Å². The number of rotatable bonds is 10. The van der Waals surface area contributed by atoms with Crippen LogP contribution in [-0.2, 0) is 9.47 Å². The lowest BCUT2D eigenvalue weighted by Crippen LogP contribution is -2.49. The number of morpholine rings is 2. The number of hydrogen-bond acceptors (Lipinski definition) is 5. The predicted molar refractivity (Wildman–Crippen MR) is 107 cm³/mol. The third-order valence-electron chi connectivity index (χ3n) is 5.62. The van der Waals surface area contributed by atoms with Crippen molar-refractivity contribution in [3.63, 3.8) is 0 Å². The summed E-state index contributed by atoms with van der Waals surface area (Å²) in [6.45, 7) is 14.8. The van der Waals surface area contributed by atoms with Gasteiger partial charge in [0.2, 0.25) is 0 Å². The van der Waals surface area contributed by atoms with Crippen molar-refractivity contribution >= 4 is 5.96 Å². The zero-order chi connectivity index (χ0) is 18.6. The molecule has 1 unspecified atom stereocenters. The molecule has 26 heavy (non-hydrogen) atoms. The highest BCUT2D eigenvalue weighted by Crippen LogP contribution is 2.20. The van der Waals surface area contributed by atoms with Crippen molar-refractivity contribution in [3.8, 4) is 0 Å². The fourth-order valence-corrected chi connectivity index (χ4v) is 3.90. The van der Waals surface area contributed by atoms with Crippen molar-refractivity contribution < 1.29 is 9.47 Å². The molecule has 2 rings (SSSR count). The second-order valence-corrected chi connectivity index (χ2v) is 7.25. The average molecular weight is 370 g/mol. The zero-order valence-corrected chi connectivity index (χ0v) is 16.8. The van der Waals surface area contributed by atoms with E-state index in [9.17, 15) is 0 Å².